The van der Waals surface area contributed by atoms with E-state index in [1.807, 2.05) is 19.1 Å². The lowest BCUT2D eigenvalue weighted by Gasteiger charge is -2.31. The summed E-state index contributed by atoms with van der Waals surface area (Å²) in [6.07, 6.45) is 5.01. The molecule has 0 N–H and O–H groups in total. The summed E-state index contributed by atoms with van der Waals surface area (Å²) >= 11 is 0. The molecule has 1 fully saturated rings. The topological polar surface area (TPSA) is 51.2 Å². The van der Waals surface area contributed by atoms with Gasteiger partial charge in [-0.15, -0.1) is 0 Å². The third-order valence-corrected chi connectivity index (χ3v) is 7.00. The Morgan fingerprint density at radius 1 is 0.913 bits per heavy atom. The van der Waals surface area contributed by atoms with Crippen molar-refractivity contribution in [3.63, 3.8) is 0 Å². The van der Waals surface area contributed by atoms with Crippen LogP contribution in [0.4, 0.5) is 0 Å². The Morgan fingerprint density at radius 2 is 1.48 bits per heavy atom. The Hall–Kier alpha value is -1.81. The molecule has 1 aromatic carbocycles. The third kappa shape index (κ3) is 2.04. The van der Waals surface area contributed by atoms with E-state index in [9.17, 15) is 13.8 Å². The van der Waals surface area contributed by atoms with Crippen LogP contribution in [0.3, 0.4) is 0 Å². The van der Waals surface area contributed by atoms with Crippen molar-refractivity contribution >= 4 is 22.4 Å². The normalized spacial score (nSPS) is 33.3. The van der Waals surface area contributed by atoms with Gasteiger partial charge in [0.1, 0.15) is 0 Å². The van der Waals surface area contributed by atoms with E-state index in [2.05, 4.69) is 12.2 Å². The number of Topliss-reactive ketones (excluding diaryl/α,β-unsaturated/α-hetero) is 2. The van der Waals surface area contributed by atoms with Crippen molar-refractivity contribution in [1.82, 2.24) is 0 Å². The standard InChI is InChI=1S/C19H18O3S/c1-10-3-7-14(8-4-10)23(22)19-11(2)17(20)15-12-5-6-13(9-12)16(15)18(19)21/h3-8,12-13,15-16H,9H2,1-2H3/t12-,13+,15-,16+,23?/m0/s1. The van der Waals surface area contributed by atoms with Crippen LogP contribution in [-0.4, -0.2) is 15.8 Å². The number of fused-ring (bicyclic) bond motifs is 5. The molecule has 4 rings (SSSR count). The molecule has 4 heteroatoms. The fraction of sp³-hybridized carbons (Fsp3) is 0.368. The maximum Gasteiger partial charge on any atom is 0.176 e. The molecule has 0 saturated heterocycles. The van der Waals surface area contributed by atoms with E-state index >= 15 is 0 Å². The fourth-order valence-corrected chi connectivity index (χ4v) is 5.56. The molecule has 5 atom stereocenters. The summed E-state index contributed by atoms with van der Waals surface area (Å²) in [7, 11) is -1.59. The van der Waals surface area contributed by atoms with Crippen LogP contribution in [0.2, 0.25) is 0 Å². The Bertz CT molecular complexity index is 800. The number of carbonyl (C=O) groups excluding carboxylic acids is 2. The molecule has 0 heterocycles. The minimum absolute atomic E-state index is 0.0157. The lowest BCUT2D eigenvalue weighted by Crippen LogP contribution is -2.40. The zero-order valence-electron chi connectivity index (χ0n) is 13.1. The SMILES string of the molecule is CC1=C(S(=O)c2ccc(C)cc2)C(=O)[C@H]2[C@@H](C1=O)[C@H]1C=C[C@@H]2C1. The number of ketones is 2. The van der Waals surface area contributed by atoms with Gasteiger partial charge < -0.3 is 0 Å². The number of rotatable bonds is 2. The fourth-order valence-electron chi connectivity index (χ4n) is 4.25. The summed E-state index contributed by atoms with van der Waals surface area (Å²) in [5.74, 6) is -0.267. The number of carbonyl (C=O) groups is 2. The molecule has 0 aromatic heterocycles. The van der Waals surface area contributed by atoms with E-state index in [1.165, 1.54) is 0 Å². The molecule has 0 amide bonds. The highest BCUT2D eigenvalue weighted by molar-refractivity contribution is 7.90. The average molecular weight is 326 g/mol. The van der Waals surface area contributed by atoms with Gasteiger partial charge in [0.15, 0.2) is 11.6 Å². The summed E-state index contributed by atoms with van der Waals surface area (Å²) in [5.41, 5.74) is 1.47. The van der Waals surface area contributed by atoms with Gasteiger partial charge in [-0.25, -0.2) is 4.21 Å². The maximum absolute atomic E-state index is 13.0. The first kappa shape index (κ1) is 14.8. The van der Waals surface area contributed by atoms with Crippen molar-refractivity contribution in [3.05, 3.63) is 52.5 Å². The second-order valence-electron chi connectivity index (χ2n) is 6.76. The zero-order chi connectivity index (χ0) is 16.3. The van der Waals surface area contributed by atoms with Crippen molar-refractivity contribution in [2.45, 2.75) is 25.2 Å². The number of aryl methyl sites for hydroxylation is 1. The number of benzene rings is 1. The Balaban J connectivity index is 1.77. The molecule has 23 heavy (non-hydrogen) atoms. The third-order valence-electron chi connectivity index (χ3n) is 5.42. The number of allylic oxidation sites excluding steroid dienone is 4. The average Bonchev–Trinajstić information content (AvgIpc) is 3.14. The van der Waals surface area contributed by atoms with E-state index in [0.717, 1.165) is 12.0 Å². The van der Waals surface area contributed by atoms with Crippen LogP contribution in [0.25, 0.3) is 0 Å². The molecule has 3 nitrogen and oxygen atoms in total. The van der Waals surface area contributed by atoms with Gasteiger partial charge in [0.25, 0.3) is 0 Å². The Labute approximate surface area is 137 Å². The lowest BCUT2D eigenvalue weighted by atomic mass is 9.72. The van der Waals surface area contributed by atoms with E-state index in [-0.39, 0.29) is 40.1 Å². The highest BCUT2D eigenvalue weighted by atomic mass is 32.2. The first-order chi connectivity index (χ1) is 11.0. The van der Waals surface area contributed by atoms with Crippen molar-refractivity contribution in [3.8, 4) is 0 Å². The first-order valence-corrected chi connectivity index (χ1v) is 9.10. The summed E-state index contributed by atoms with van der Waals surface area (Å²) in [6, 6.07) is 7.30. The molecule has 118 valence electrons. The molecule has 3 aliphatic rings. The van der Waals surface area contributed by atoms with Gasteiger partial charge in [-0.05, 0) is 44.2 Å². The predicted molar refractivity (Wildman–Crippen MR) is 88.0 cm³/mol. The van der Waals surface area contributed by atoms with Gasteiger partial charge >= 0.3 is 0 Å². The zero-order valence-corrected chi connectivity index (χ0v) is 13.9. The van der Waals surface area contributed by atoms with Gasteiger partial charge in [0, 0.05) is 22.3 Å². The molecule has 3 aliphatic carbocycles. The quantitative estimate of drug-likeness (QED) is 0.785. The maximum atomic E-state index is 13.0. The van der Waals surface area contributed by atoms with Gasteiger partial charge in [0.05, 0.1) is 15.7 Å². The van der Waals surface area contributed by atoms with Crippen LogP contribution >= 0.6 is 0 Å². The van der Waals surface area contributed by atoms with Gasteiger partial charge in [0.2, 0.25) is 0 Å². The summed E-state index contributed by atoms with van der Waals surface area (Å²) in [6.45, 7) is 3.62. The molecular formula is C19H18O3S. The van der Waals surface area contributed by atoms with Crippen LogP contribution in [-0.2, 0) is 20.4 Å². The Kier molecular flexibility index (Phi) is 3.27. The molecule has 1 unspecified atom stereocenters. The second-order valence-corrected chi connectivity index (χ2v) is 8.18. The van der Waals surface area contributed by atoms with E-state index in [4.69, 9.17) is 0 Å². The smallest absolute Gasteiger partial charge is 0.176 e. The van der Waals surface area contributed by atoms with Crippen LogP contribution in [0.5, 0.6) is 0 Å². The van der Waals surface area contributed by atoms with E-state index in [1.54, 1.807) is 19.1 Å². The molecule has 1 saturated carbocycles. The summed E-state index contributed by atoms with van der Waals surface area (Å²) in [4.78, 5) is 26.6. The van der Waals surface area contributed by atoms with Crippen LogP contribution in [0.15, 0.2) is 51.8 Å². The largest absolute Gasteiger partial charge is 0.294 e. The minimum Gasteiger partial charge on any atom is -0.294 e. The Morgan fingerprint density at radius 3 is 2.09 bits per heavy atom. The monoisotopic (exact) mass is 326 g/mol. The highest BCUT2D eigenvalue weighted by Gasteiger charge is 2.55. The number of hydrogen-bond donors (Lipinski definition) is 0. The van der Waals surface area contributed by atoms with Crippen molar-refractivity contribution in [2.24, 2.45) is 23.7 Å². The molecular weight excluding hydrogens is 308 g/mol. The van der Waals surface area contributed by atoms with Gasteiger partial charge in [-0.2, -0.15) is 0 Å². The molecule has 1 aromatic rings. The van der Waals surface area contributed by atoms with Crippen molar-refractivity contribution in [1.29, 1.82) is 0 Å². The first-order valence-electron chi connectivity index (χ1n) is 7.95. The summed E-state index contributed by atoms with van der Waals surface area (Å²) < 4.78 is 12.9. The molecule has 0 aliphatic heterocycles. The lowest BCUT2D eigenvalue weighted by molar-refractivity contribution is -0.130. The molecule has 0 spiro atoms. The predicted octanol–water partition coefficient (Wildman–Crippen LogP) is 2.97. The highest BCUT2D eigenvalue weighted by Crippen LogP contribution is 2.52. The summed E-state index contributed by atoms with van der Waals surface area (Å²) in [5, 5.41) is 0. The van der Waals surface area contributed by atoms with E-state index in [0.29, 0.717) is 10.5 Å². The second kappa shape index (κ2) is 5.10. The minimum atomic E-state index is -1.59. The van der Waals surface area contributed by atoms with Crippen molar-refractivity contribution < 1.29 is 13.8 Å². The molecule has 0 radical (unpaired) electrons. The van der Waals surface area contributed by atoms with Gasteiger partial charge in [-0.1, -0.05) is 29.8 Å². The van der Waals surface area contributed by atoms with Crippen LogP contribution < -0.4 is 0 Å². The van der Waals surface area contributed by atoms with Gasteiger partial charge in [-0.3, -0.25) is 9.59 Å². The van der Waals surface area contributed by atoms with Crippen LogP contribution in [0.1, 0.15) is 18.9 Å². The van der Waals surface area contributed by atoms with E-state index < -0.39 is 10.8 Å². The number of hydrogen-bond acceptors (Lipinski definition) is 3. The molecule has 2 bridgehead atoms. The van der Waals surface area contributed by atoms with Crippen LogP contribution in [0, 0.1) is 30.6 Å². The van der Waals surface area contributed by atoms with Crippen molar-refractivity contribution in [2.75, 3.05) is 0 Å².